The minimum absolute atomic E-state index is 0.0445. The molecule has 2 aromatic heterocycles. The second-order valence-corrected chi connectivity index (χ2v) is 7.93. The van der Waals surface area contributed by atoms with E-state index in [9.17, 15) is 9.18 Å². The van der Waals surface area contributed by atoms with E-state index in [2.05, 4.69) is 15.0 Å². The summed E-state index contributed by atoms with van der Waals surface area (Å²) in [5, 5.41) is 0.402. The number of rotatable bonds is 3. The zero-order chi connectivity index (χ0) is 20.8. The molecule has 0 bridgehead atoms. The maximum Gasteiger partial charge on any atom is 0.263 e. The van der Waals surface area contributed by atoms with Gasteiger partial charge in [-0.2, -0.15) is 0 Å². The largest absolute Gasteiger partial charge is 0.289 e. The van der Waals surface area contributed by atoms with E-state index in [0.717, 1.165) is 0 Å². The highest BCUT2D eigenvalue weighted by molar-refractivity contribution is 7.98. The van der Waals surface area contributed by atoms with Gasteiger partial charge in [0.15, 0.2) is 16.8 Å². The smallest absolute Gasteiger partial charge is 0.263 e. The van der Waals surface area contributed by atoms with Crippen molar-refractivity contribution in [1.29, 1.82) is 0 Å². The van der Waals surface area contributed by atoms with Gasteiger partial charge in [-0.25, -0.2) is 23.7 Å². The summed E-state index contributed by atoms with van der Waals surface area (Å²) in [6.45, 7) is 1.69. The topological polar surface area (TPSA) is 59.0 Å². The van der Waals surface area contributed by atoms with Gasteiger partial charge < -0.3 is 0 Å². The normalized spacial score (nSPS) is 18.7. The lowest BCUT2D eigenvalue weighted by atomic mass is 9.74. The first kappa shape index (κ1) is 19.7. The average molecular weight is 433 g/mol. The Hall–Kier alpha value is -2.58. The van der Waals surface area contributed by atoms with Crippen LogP contribution >= 0.6 is 23.4 Å². The van der Waals surface area contributed by atoms with Crippen LogP contribution in [0.15, 0.2) is 47.9 Å². The van der Waals surface area contributed by atoms with Crippen molar-refractivity contribution in [2.75, 3.05) is 17.7 Å². The number of thioether (sulfide) groups is 1. The third kappa shape index (κ3) is 3.16. The molecule has 3 heterocycles. The molecule has 0 saturated heterocycles. The predicted octanol–water partition coefficient (Wildman–Crippen LogP) is 4.49. The molecule has 0 spiro atoms. The van der Waals surface area contributed by atoms with Gasteiger partial charge in [0.25, 0.3) is 5.91 Å². The number of aromatic nitrogens is 3. The maximum absolute atomic E-state index is 15.0. The molecule has 0 fully saturated rings. The van der Waals surface area contributed by atoms with Crippen molar-refractivity contribution in [1.82, 2.24) is 15.0 Å². The number of hydrogen-bond acceptors (Lipinski definition) is 5. The molecule has 5 nitrogen and oxygen atoms in total. The molecule has 1 aliphatic heterocycles. The van der Waals surface area contributed by atoms with Gasteiger partial charge in [0.1, 0.15) is 5.82 Å². The summed E-state index contributed by atoms with van der Waals surface area (Å²) in [6.07, 6.45) is 4.59. The molecular weight excluding hydrogens is 418 g/mol. The van der Waals surface area contributed by atoms with Crippen LogP contribution in [0.3, 0.4) is 0 Å². The molecular formula is C20H15ClF2N4OS. The molecule has 3 aromatic rings. The molecule has 1 aliphatic rings. The van der Waals surface area contributed by atoms with E-state index in [1.54, 1.807) is 25.3 Å². The van der Waals surface area contributed by atoms with Crippen LogP contribution in [-0.2, 0) is 5.41 Å². The zero-order valence-corrected chi connectivity index (χ0v) is 17.1. The van der Waals surface area contributed by atoms with Crippen molar-refractivity contribution in [3.05, 3.63) is 76.2 Å². The number of carbonyl (C=O) groups is 1. The molecule has 0 saturated carbocycles. The summed E-state index contributed by atoms with van der Waals surface area (Å²) >= 11 is 7.33. The van der Waals surface area contributed by atoms with E-state index in [1.165, 1.54) is 47.3 Å². The number of benzene rings is 1. The number of pyridine rings is 1. The van der Waals surface area contributed by atoms with Crippen molar-refractivity contribution in [3.63, 3.8) is 0 Å². The minimum atomic E-state index is -1.10. The second kappa shape index (κ2) is 7.35. The Labute approximate surface area is 175 Å². The standard InChI is InChI=1S/C20H15ClF2N4OS/c1-20(12-5-3-6-13(21)15(12)23)10-27(17-14(22)7-4-8-24-17)18(28)11-9-25-19(29-2)26-16(11)20/h3-9H,10H2,1-2H3. The van der Waals surface area contributed by atoms with Gasteiger partial charge in [0.05, 0.1) is 21.7 Å². The van der Waals surface area contributed by atoms with E-state index in [1.807, 2.05) is 0 Å². The van der Waals surface area contributed by atoms with E-state index in [4.69, 9.17) is 11.6 Å². The van der Waals surface area contributed by atoms with Crippen molar-refractivity contribution in [3.8, 4) is 0 Å². The molecule has 29 heavy (non-hydrogen) atoms. The number of carbonyl (C=O) groups excluding carboxylic acids is 1. The summed E-state index contributed by atoms with van der Waals surface area (Å²) in [4.78, 5) is 27.1. The summed E-state index contributed by atoms with van der Waals surface area (Å²) < 4.78 is 29.5. The lowest BCUT2D eigenvalue weighted by Gasteiger charge is -2.40. The van der Waals surface area contributed by atoms with Crippen LogP contribution in [0.5, 0.6) is 0 Å². The Morgan fingerprint density at radius 2 is 2.00 bits per heavy atom. The van der Waals surface area contributed by atoms with E-state index < -0.39 is 23.0 Å². The summed E-state index contributed by atoms with van der Waals surface area (Å²) in [7, 11) is 0. The van der Waals surface area contributed by atoms with Crippen molar-refractivity contribution < 1.29 is 13.6 Å². The van der Waals surface area contributed by atoms with Gasteiger partial charge in [-0.1, -0.05) is 35.5 Å². The number of hydrogen-bond donors (Lipinski definition) is 0. The van der Waals surface area contributed by atoms with E-state index in [-0.39, 0.29) is 28.5 Å². The molecule has 0 radical (unpaired) electrons. The highest BCUT2D eigenvalue weighted by Crippen LogP contribution is 2.42. The van der Waals surface area contributed by atoms with Crippen LogP contribution in [0.4, 0.5) is 14.6 Å². The van der Waals surface area contributed by atoms with E-state index in [0.29, 0.717) is 10.9 Å². The molecule has 4 rings (SSSR count). The van der Waals surface area contributed by atoms with Crippen LogP contribution in [0.25, 0.3) is 0 Å². The Morgan fingerprint density at radius 1 is 1.21 bits per heavy atom. The Kier molecular flexibility index (Phi) is 5.00. The zero-order valence-electron chi connectivity index (χ0n) is 15.5. The fraction of sp³-hybridized carbons (Fsp3) is 0.200. The Balaban J connectivity index is 1.99. The predicted molar refractivity (Wildman–Crippen MR) is 108 cm³/mol. The van der Waals surface area contributed by atoms with Crippen molar-refractivity contribution in [2.45, 2.75) is 17.5 Å². The van der Waals surface area contributed by atoms with Crippen molar-refractivity contribution >= 4 is 35.1 Å². The quantitative estimate of drug-likeness (QED) is 0.450. The first-order valence-electron chi connectivity index (χ1n) is 8.65. The third-order valence-electron chi connectivity index (χ3n) is 4.96. The Morgan fingerprint density at radius 3 is 2.72 bits per heavy atom. The molecule has 0 N–H and O–H groups in total. The highest BCUT2D eigenvalue weighted by Gasteiger charge is 2.46. The van der Waals surface area contributed by atoms with Gasteiger partial charge >= 0.3 is 0 Å². The summed E-state index contributed by atoms with van der Waals surface area (Å²) in [6, 6.07) is 7.32. The van der Waals surface area contributed by atoms with Crippen molar-refractivity contribution in [2.24, 2.45) is 0 Å². The first-order chi connectivity index (χ1) is 13.9. The lowest BCUT2D eigenvalue weighted by molar-refractivity contribution is 0.0966. The van der Waals surface area contributed by atoms with Crippen LogP contribution in [0, 0.1) is 11.6 Å². The Bertz CT molecular complexity index is 1130. The molecule has 0 aliphatic carbocycles. The molecule has 1 atom stereocenters. The number of halogens is 3. The summed E-state index contributed by atoms with van der Waals surface area (Å²) in [5.41, 5.74) is -0.308. The average Bonchev–Trinajstić information content (AvgIpc) is 2.73. The van der Waals surface area contributed by atoms with Gasteiger partial charge in [-0.05, 0) is 31.4 Å². The molecule has 1 aromatic carbocycles. The fourth-order valence-electron chi connectivity index (χ4n) is 3.54. The van der Waals surface area contributed by atoms with Gasteiger partial charge in [0, 0.05) is 24.5 Å². The molecule has 1 amide bonds. The fourth-order valence-corrected chi connectivity index (χ4v) is 4.05. The number of amides is 1. The first-order valence-corrected chi connectivity index (χ1v) is 10.3. The molecule has 9 heteroatoms. The highest BCUT2D eigenvalue weighted by atomic mass is 35.5. The van der Waals surface area contributed by atoms with Gasteiger partial charge in [-0.3, -0.25) is 9.69 Å². The second-order valence-electron chi connectivity index (χ2n) is 6.75. The van der Waals surface area contributed by atoms with Gasteiger partial charge in [-0.15, -0.1) is 0 Å². The minimum Gasteiger partial charge on any atom is -0.289 e. The van der Waals surface area contributed by atoms with E-state index >= 15 is 4.39 Å². The van der Waals surface area contributed by atoms with Crippen LogP contribution in [0.1, 0.15) is 28.5 Å². The number of nitrogens with zero attached hydrogens (tertiary/aromatic N) is 4. The third-order valence-corrected chi connectivity index (χ3v) is 5.82. The molecule has 1 unspecified atom stereocenters. The molecule has 148 valence electrons. The van der Waals surface area contributed by atoms with Crippen LogP contribution in [-0.4, -0.2) is 33.7 Å². The maximum atomic E-state index is 15.0. The van der Waals surface area contributed by atoms with Crippen LogP contribution < -0.4 is 4.90 Å². The number of anilines is 1. The van der Waals surface area contributed by atoms with Crippen LogP contribution in [0.2, 0.25) is 5.02 Å². The lowest BCUT2D eigenvalue weighted by Crippen LogP contribution is -2.50. The number of fused-ring (bicyclic) bond motifs is 1. The monoisotopic (exact) mass is 432 g/mol. The SMILES string of the molecule is CSc1ncc2c(n1)C(C)(c1cccc(Cl)c1F)CN(c1ncccc1F)C2=O. The summed E-state index contributed by atoms with van der Waals surface area (Å²) in [5.74, 6) is -1.89. The van der Waals surface area contributed by atoms with Gasteiger partial charge in [0.2, 0.25) is 0 Å².